The lowest BCUT2D eigenvalue weighted by atomic mass is 10.5. The molecule has 0 fully saturated rings. The van der Waals surface area contributed by atoms with Crippen LogP contribution in [0.3, 0.4) is 0 Å². The molecule has 0 saturated carbocycles. The summed E-state index contributed by atoms with van der Waals surface area (Å²) in [6.07, 6.45) is 0. The second-order valence-corrected chi connectivity index (χ2v) is 2.30. The Balaban J connectivity index is 2.88. The highest BCUT2D eigenvalue weighted by Crippen LogP contribution is 2.04. The second-order valence-electron chi connectivity index (χ2n) is 1.35. The number of thiophene rings is 1. The average molecular weight is 122 g/mol. The molecule has 0 aromatic carbocycles. The summed E-state index contributed by atoms with van der Waals surface area (Å²) < 4.78 is 0. The zero-order chi connectivity index (χ0) is 5.82. The molecule has 0 nitrogen and oxygen atoms in total. The highest BCUT2D eigenvalue weighted by Gasteiger charge is 1.80. The highest BCUT2D eigenvalue weighted by molar-refractivity contribution is 7.10. The molecule has 0 amide bonds. The van der Waals surface area contributed by atoms with Crippen molar-refractivity contribution in [2.75, 3.05) is 0 Å². The quantitative estimate of drug-likeness (QED) is 0.462. The number of rotatable bonds is 0. The van der Waals surface area contributed by atoms with Crippen molar-refractivity contribution in [3.63, 3.8) is 0 Å². The molecule has 0 spiro atoms. The maximum absolute atomic E-state index is 2.96. The van der Waals surface area contributed by atoms with E-state index in [4.69, 9.17) is 0 Å². The molecule has 1 aromatic rings. The van der Waals surface area contributed by atoms with Gasteiger partial charge in [-0.2, -0.15) is 0 Å². The van der Waals surface area contributed by atoms with Crippen LogP contribution in [-0.2, 0) is 0 Å². The van der Waals surface area contributed by atoms with Gasteiger partial charge in [0.15, 0.2) is 0 Å². The molecule has 0 saturated heterocycles. The van der Waals surface area contributed by atoms with Crippen molar-refractivity contribution in [2.45, 2.75) is 6.92 Å². The monoisotopic (exact) mass is 122 g/mol. The zero-order valence-corrected chi connectivity index (χ0v) is 5.46. The van der Waals surface area contributed by atoms with Crippen molar-refractivity contribution in [3.05, 3.63) is 22.4 Å². The molecule has 0 bridgehead atoms. The molecule has 0 N–H and O–H groups in total. The topological polar surface area (TPSA) is 0 Å². The van der Waals surface area contributed by atoms with Gasteiger partial charge in [-0.05, 0) is 18.4 Å². The van der Waals surface area contributed by atoms with Gasteiger partial charge in [-0.25, -0.2) is 0 Å². The van der Waals surface area contributed by atoms with Crippen molar-refractivity contribution in [1.29, 1.82) is 0 Å². The first-order valence-corrected chi connectivity index (χ1v) is 3.27. The summed E-state index contributed by atoms with van der Waals surface area (Å²) in [5.41, 5.74) is 0. The fourth-order valence-electron chi connectivity index (χ4n) is 0.473. The van der Waals surface area contributed by atoms with Crippen LogP contribution in [0.1, 0.15) is 11.8 Å². The minimum absolute atomic E-state index is 1.15. The fraction of sp³-hybridized carbons (Fsp3) is 0.143. The van der Waals surface area contributed by atoms with Gasteiger partial charge in [-0.1, -0.05) is 12.0 Å². The maximum Gasteiger partial charge on any atom is 0.0768 e. The van der Waals surface area contributed by atoms with Gasteiger partial charge in [0.1, 0.15) is 0 Å². The van der Waals surface area contributed by atoms with Gasteiger partial charge in [-0.3, -0.25) is 0 Å². The Labute approximate surface area is 53.2 Å². The van der Waals surface area contributed by atoms with Crippen molar-refractivity contribution in [1.82, 2.24) is 0 Å². The Bertz CT molecular complexity index is 198. The van der Waals surface area contributed by atoms with Crippen LogP contribution in [0.25, 0.3) is 0 Å². The standard InChI is InChI=1S/C7H6S/c1-2-4-7-5-3-6-8-7/h3,5-6H,1H3. The normalized spacial score (nSPS) is 7.62. The van der Waals surface area contributed by atoms with Crippen LogP contribution >= 0.6 is 11.3 Å². The van der Waals surface area contributed by atoms with E-state index in [1.165, 1.54) is 0 Å². The summed E-state index contributed by atoms with van der Waals surface area (Å²) >= 11 is 1.67. The Morgan fingerprint density at radius 2 is 2.50 bits per heavy atom. The van der Waals surface area contributed by atoms with E-state index in [9.17, 15) is 0 Å². The van der Waals surface area contributed by atoms with E-state index < -0.39 is 0 Å². The van der Waals surface area contributed by atoms with Crippen molar-refractivity contribution >= 4 is 11.3 Å². The van der Waals surface area contributed by atoms with Gasteiger partial charge in [0, 0.05) is 0 Å². The lowest BCUT2D eigenvalue weighted by Crippen LogP contribution is -1.53. The molecule has 1 rings (SSSR count). The minimum Gasteiger partial charge on any atom is -0.135 e. The predicted octanol–water partition coefficient (Wildman–Crippen LogP) is 2.12. The summed E-state index contributed by atoms with van der Waals surface area (Å²) in [7, 11) is 0. The molecule has 40 valence electrons. The third-order valence-corrected chi connectivity index (χ3v) is 1.55. The molecule has 1 heteroatoms. The third kappa shape index (κ3) is 1.11. The van der Waals surface area contributed by atoms with E-state index in [0.29, 0.717) is 0 Å². The molecule has 0 atom stereocenters. The molecule has 8 heavy (non-hydrogen) atoms. The summed E-state index contributed by atoms with van der Waals surface area (Å²) in [6.45, 7) is 1.85. The van der Waals surface area contributed by atoms with Crippen molar-refractivity contribution in [2.24, 2.45) is 0 Å². The molecular weight excluding hydrogens is 116 g/mol. The lowest BCUT2D eigenvalue weighted by Gasteiger charge is -1.69. The molecule has 1 heterocycles. The summed E-state index contributed by atoms with van der Waals surface area (Å²) in [5.74, 6) is 5.79. The first-order chi connectivity index (χ1) is 3.93. The first kappa shape index (κ1) is 5.40. The van der Waals surface area contributed by atoms with Gasteiger partial charge in [0.05, 0.1) is 4.88 Å². The van der Waals surface area contributed by atoms with Crippen LogP contribution in [0, 0.1) is 11.8 Å². The van der Waals surface area contributed by atoms with Gasteiger partial charge in [0.2, 0.25) is 0 Å². The van der Waals surface area contributed by atoms with Crippen LogP contribution in [0.15, 0.2) is 17.5 Å². The van der Waals surface area contributed by atoms with Gasteiger partial charge in [-0.15, -0.1) is 17.3 Å². The fourth-order valence-corrected chi connectivity index (χ4v) is 1.09. The second kappa shape index (κ2) is 2.54. The van der Waals surface area contributed by atoms with Crippen LogP contribution < -0.4 is 0 Å². The van der Waals surface area contributed by atoms with Crippen molar-refractivity contribution < 1.29 is 0 Å². The van der Waals surface area contributed by atoms with Crippen molar-refractivity contribution in [3.8, 4) is 11.8 Å². The number of hydrogen-bond acceptors (Lipinski definition) is 1. The summed E-state index contributed by atoms with van der Waals surface area (Å²) in [5, 5.41) is 2.03. The molecular formula is C7H6S. The van der Waals surface area contributed by atoms with E-state index >= 15 is 0 Å². The van der Waals surface area contributed by atoms with Crippen LogP contribution in [0.5, 0.6) is 0 Å². The van der Waals surface area contributed by atoms with Gasteiger partial charge in [0.25, 0.3) is 0 Å². The first-order valence-electron chi connectivity index (χ1n) is 2.40. The largest absolute Gasteiger partial charge is 0.135 e. The lowest BCUT2D eigenvalue weighted by molar-refractivity contribution is 1.87. The van der Waals surface area contributed by atoms with Crippen LogP contribution in [0.4, 0.5) is 0 Å². The minimum atomic E-state index is 1.15. The SMILES string of the molecule is CC#Cc1cccs1. The van der Waals surface area contributed by atoms with Crippen LogP contribution in [-0.4, -0.2) is 0 Å². The smallest absolute Gasteiger partial charge is 0.0768 e. The summed E-state index contributed by atoms with van der Waals surface area (Å²) in [4.78, 5) is 1.15. The highest BCUT2D eigenvalue weighted by atomic mass is 32.1. The number of hydrogen-bond donors (Lipinski definition) is 0. The summed E-state index contributed by atoms with van der Waals surface area (Å²) in [6, 6.07) is 4.02. The third-order valence-electron chi connectivity index (χ3n) is 0.769. The Kier molecular flexibility index (Phi) is 1.71. The average Bonchev–Trinajstić information content (AvgIpc) is 2.19. The van der Waals surface area contributed by atoms with E-state index in [-0.39, 0.29) is 0 Å². The molecule has 0 aliphatic carbocycles. The Morgan fingerprint density at radius 3 is 3.00 bits per heavy atom. The predicted molar refractivity (Wildman–Crippen MR) is 36.9 cm³/mol. The Hall–Kier alpha value is -0.740. The molecule has 0 aliphatic heterocycles. The molecule has 0 radical (unpaired) electrons. The molecule has 0 unspecified atom stereocenters. The van der Waals surface area contributed by atoms with E-state index in [1.807, 2.05) is 24.4 Å². The Morgan fingerprint density at radius 1 is 1.62 bits per heavy atom. The van der Waals surface area contributed by atoms with E-state index in [2.05, 4.69) is 11.8 Å². The van der Waals surface area contributed by atoms with E-state index in [1.54, 1.807) is 11.3 Å². The van der Waals surface area contributed by atoms with Gasteiger partial charge >= 0.3 is 0 Å². The van der Waals surface area contributed by atoms with Gasteiger partial charge < -0.3 is 0 Å². The maximum atomic E-state index is 2.96. The molecule has 1 aromatic heterocycles. The zero-order valence-electron chi connectivity index (χ0n) is 4.64. The van der Waals surface area contributed by atoms with E-state index in [0.717, 1.165) is 4.88 Å². The molecule has 0 aliphatic rings. The van der Waals surface area contributed by atoms with Crippen LogP contribution in [0.2, 0.25) is 0 Å².